The third-order valence-corrected chi connectivity index (χ3v) is 1.61. The van der Waals surface area contributed by atoms with E-state index in [-0.39, 0.29) is 6.10 Å². The van der Waals surface area contributed by atoms with Crippen LogP contribution in [0.15, 0.2) is 0 Å². The quantitative estimate of drug-likeness (QED) is 0.385. The van der Waals surface area contributed by atoms with E-state index in [2.05, 4.69) is 4.74 Å². The Morgan fingerprint density at radius 3 is 2.71 bits per heavy atom. The third kappa shape index (κ3) is 1.79. The monoisotopic (exact) mass is 118 g/mol. The molecule has 0 aromatic carbocycles. The molecule has 1 atom stereocenters. The van der Waals surface area contributed by atoms with Crippen LogP contribution in [-0.2, 0) is 9.20 Å². The largest absolute Gasteiger partial charge is 0.540 e. The molecule has 4 heteroatoms. The standard InChI is InChI=1S/C3H6O3Si/c4-7(5)2-3-1-6-3/h3-4H,1-2H2. The maximum atomic E-state index is 9.95. The number of hydrogen-bond acceptors (Lipinski definition) is 2. The van der Waals surface area contributed by atoms with Crippen molar-refractivity contribution in [3.05, 3.63) is 0 Å². The summed E-state index contributed by atoms with van der Waals surface area (Å²) in [6.45, 7) is 0.678. The summed E-state index contributed by atoms with van der Waals surface area (Å²) in [5.74, 6) is 0. The van der Waals surface area contributed by atoms with Gasteiger partial charge in [0.25, 0.3) is 0 Å². The minimum atomic E-state index is -2.25. The van der Waals surface area contributed by atoms with Gasteiger partial charge in [0.05, 0.1) is 18.8 Å². The lowest BCUT2D eigenvalue weighted by molar-refractivity contribution is 0.398. The summed E-state index contributed by atoms with van der Waals surface area (Å²) in [4.78, 5) is 8.23. The molecule has 40 valence electrons. The van der Waals surface area contributed by atoms with E-state index in [9.17, 15) is 4.46 Å². The van der Waals surface area contributed by atoms with Gasteiger partial charge < -0.3 is 14.0 Å². The van der Waals surface area contributed by atoms with Crippen molar-refractivity contribution in [2.24, 2.45) is 0 Å². The van der Waals surface area contributed by atoms with Crippen molar-refractivity contribution >= 4 is 8.93 Å². The molecule has 0 aromatic rings. The van der Waals surface area contributed by atoms with Gasteiger partial charge in [-0.25, -0.2) is 0 Å². The van der Waals surface area contributed by atoms with Crippen molar-refractivity contribution in [2.75, 3.05) is 6.61 Å². The molecule has 3 nitrogen and oxygen atoms in total. The van der Waals surface area contributed by atoms with E-state index >= 15 is 0 Å². The Labute approximate surface area is 42.7 Å². The Balaban J connectivity index is 2.08. The minimum Gasteiger partial charge on any atom is -0.540 e. The van der Waals surface area contributed by atoms with E-state index in [1.165, 1.54) is 0 Å². The van der Waals surface area contributed by atoms with Crippen molar-refractivity contribution in [1.82, 2.24) is 0 Å². The molecule has 0 radical (unpaired) electrons. The van der Waals surface area contributed by atoms with Crippen LogP contribution in [0.1, 0.15) is 0 Å². The lowest BCUT2D eigenvalue weighted by Crippen LogP contribution is -2.00. The average Bonchev–Trinajstić information content (AvgIpc) is 2.17. The van der Waals surface area contributed by atoms with Crippen molar-refractivity contribution in [3.8, 4) is 0 Å². The molecule has 1 heterocycles. The molecular weight excluding hydrogens is 112 g/mol. The molecule has 0 saturated carbocycles. The molecule has 1 aliphatic heterocycles. The second kappa shape index (κ2) is 1.71. The van der Waals surface area contributed by atoms with E-state index in [1.54, 1.807) is 0 Å². The van der Waals surface area contributed by atoms with Crippen LogP contribution in [0.5, 0.6) is 0 Å². The maximum absolute atomic E-state index is 9.95. The van der Waals surface area contributed by atoms with Gasteiger partial charge in [-0.1, -0.05) is 0 Å². The minimum absolute atomic E-state index is 0.108. The first-order valence-electron chi connectivity index (χ1n) is 2.12. The molecular formula is C3H6O3Si. The second-order valence-electron chi connectivity index (χ2n) is 1.55. The predicted molar refractivity (Wildman–Crippen MR) is 23.2 cm³/mol. The van der Waals surface area contributed by atoms with Crippen LogP contribution in [0.3, 0.4) is 0 Å². The first-order valence-corrected chi connectivity index (χ1v) is 3.68. The summed E-state index contributed by atoms with van der Waals surface area (Å²) in [5.41, 5.74) is 0. The van der Waals surface area contributed by atoms with Gasteiger partial charge in [0.1, 0.15) is 0 Å². The fraction of sp³-hybridized carbons (Fsp3) is 1.00. The summed E-state index contributed by atoms with van der Waals surface area (Å²) in [7, 11) is -2.25. The zero-order valence-corrected chi connectivity index (χ0v) is 4.76. The molecule has 1 unspecified atom stereocenters. The summed E-state index contributed by atoms with van der Waals surface area (Å²) >= 11 is 0. The fourth-order valence-electron chi connectivity index (χ4n) is 0.381. The van der Waals surface area contributed by atoms with E-state index in [0.717, 1.165) is 0 Å². The van der Waals surface area contributed by atoms with Crippen LogP contribution in [0, 0.1) is 0 Å². The highest BCUT2D eigenvalue weighted by Gasteiger charge is 2.26. The van der Waals surface area contributed by atoms with Crippen LogP contribution >= 0.6 is 0 Å². The van der Waals surface area contributed by atoms with E-state index in [4.69, 9.17) is 4.80 Å². The number of epoxide rings is 1. The Morgan fingerprint density at radius 1 is 2.00 bits per heavy atom. The number of ether oxygens (including phenoxy) is 1. The first-order chi connectivity index (χ1) is 3.29. The second-order valence-corrected chi connectivity index (χ2v) is 2.75. The van der Waals surface area contributed by atoms with Crippen molar-refractivity contribution in [1.29, 1.82) is 0 Å². The Hall–Kier alpha value is -0.223. The van der Waals surface area contributed by atoms with Gasteiger partial charge in [-0.2, -0.15) is 0 Å². The third-order valence-electron chi connectivity index (χ3n) is 0.805. The van der Waals surface area contributed by atoms with Crippen LogP contribution in [0.4, 0.5) is 0 Å². The molecule has 0 spiro atoms. The molecule has 1 aliphatic rings. The highest BCUT2D eigenvalue weighted by Crippen LogP contribution is 2.12. The summed E-state index contributed by atoms with van der Waals surface area (Å²) in [6.07, 6.45) is 0.108. The van der Waals surface area contributed by atoms with Crippen molar-refractivity contribution in [2.45, 2.75) is 12.1 Å². The predicted octanol–water partition coefficient (Wildman–Crippen LogP) is -0.704. The zero-order valence-electron chi connectivity index (χ0n) is 3.76. The normalized spacial score (nSPS) is 27.1. The first kappa shape index (κ1) is 4.92. The van der Waals surface area contributed by atoms with Gasteiger partial charge in [-0.05, 0) is 0 Å². The number of rotatable bonds is 2. The van der Waals surface area contributed by atoms with Gasteiger partial charge in [0, 0.05) is 0 Å². The van der Waals surface area contributed by atoms with Gasteiger partial charge in [0.15, 0.2) is 0 Å². The van der Waals surface area contributed by atoms with Crippen LogP contribution in [-0.4, -0.2) is 26.4 Å². The lowest BCUT2D eigenvalue weighted by Gasteiger charge is -1.77. The Morgan fingerprint density at radius 2 is 2.57 bits per heavy atom. The van der Waals surface area contributed by atoms with E-state index in [0.29, 0.717) is 12.7 Å². The Bertz CT molecular complexity index is 88.2. The number of hydrogen-bond donors (Lipinski definition) is 1. The fourth-order valence-corrected chi connectivity index (χ4v) is 1.01. The van der Waals surface area contributed by atoms with Gasteiger partial charge >= 0.3 is 8.93 Å². The molecule has 0 amide bonds. The van der Waals surface area contributed by atoms with Crippen LogP contribution < -0.4 is 0 Å². The van der Waals surface area contributed by atoms with Crippen molar-refractivity contribution < 1.29 is 14.0 Å². The smallest absolute Gasteiger partial charge is 0.502 e. The molecule has 1 saturated heterocycles. The SMILES string of the molecule is O=[Si](O)CC1CO1. The molecule has 0 aliphatic carbocycles. The summed E-state index contributed by atoms with van der Waals surface area (Å²) < 4.78 is 14.6. The molecule has 0 bridgehead atoms. The van der Waals surface area contributed by atoms with E-state index < -0.39 is 8.93 Å². The lowest BCUT2D eigenvalue weighted by atomic mass is 10.6. The maximum Gasteiger partial charge on any atom is 0.502 e. The molecule has 0 aromatic heterocycles. The average molecular weight is 118 g/mol. The van der Waals surface area contributed by atoms with Crippen molar-refractivity contribution in [3.63, 3.8) is 0 Å². The zero-order chi connectivity index (χ0) is 5.28. The topological polar surface area (TPSA) is 49.8 Å². The molecule has 7 heavy (non-hydrogen) atoms. The molecule has 1 rings (SSSR count). The van der Waals surface area contributed by atoms with Gasteiger partial charge in [0.2, 0.25) is 0 Å². The Kier molecular flexibility index (Phi) is 1.20. The highest BCUT2D eigenvalue weighted by atomic mass is 28.3. The molecule has 1 fully saturated rings. The summed E-state index contributed by atoms with van der Waals surface area (Å²) in [6, 6.07) is 0.352. The van der Waals surface area contributed by atoms with Crippen LogP contribution in [0.2, 0.25) is 6.04 Å². The highest BCUT2D eigenvalue weighted by molar-refractivity contribution is 6.33. The van der Waals surface area contributed by atoms with Gasteiger partial charge in [-0.3, -0.25) is 0 Å². The van der Waals surface area contributed by atoms with E-state index in [1.807, 2.05) is 0 Å². The van der Waals surface area contributed by atoms with Crippen LogP contribution in [0.25, 0.3) is 0 Å². The van der Waals surface area contributed by atoms with Gasteiger partial charge in [-0.15, -0.1) is 0 Å². The summed E-state index contributed by atoms with van der Waals surface area (Å²) in [5, 5.41) is 0. The molecule has 1 N–H and O–H groups in total.